The van der Waals surface area contributed by atoms with Crippen molar-refractivity contribution in [1.82, 2.24) is 29.1 Å². The first kappa shape index (κ1) is 66.3. The number of carbonyl (C=O) groups excluding carboxylic acids is 2. The topological polar surface area (TPSA) is 396 Å². The first-order valence-corrected chi connectivity index (χ1v) is 32.9. The van der Waals surface area contributed by atoms with Gasteiger partial charge in [0, 0.05) is 69.0 Å². The fraction of sp³-hybridized carbons (Fsp3) is 0.407. The number of halogens is 4. The predicted molar refractivity (Wildman–Crippen MR) is 325 cm³/mol. The van der Waals surface area contributed by atoms with Gasteiger partial charge < -0.3 is 37.5 Å². The van der Waals surface area contributed by atoms with Gasteiger partial charge in [-0.25, -0.2) is 54.4 Å². The number of fused-ring (bicyclic) bond motifs is 3. The quantitative estimate of drug-likeness (QED) is 0.0198. The molecule has 3 aliphatic carbocycles. The second kappa shape index (κ2) is 28.9. The fourth-order valence-corrected chi connectivity index (χ4v) is 15.0. The first-order valence-electron chi connectivity index (χ1n) is 26.9. The Hall–Kier alpha value is -6.27. The van der Waals surface area contributed by atoms with Crippen LogP contribution in [0.2, 0.25) is 20.2 Å². The number of nitrogens with two attached hydrogens (primary N) is 4. The molecule has 458 valence electrons. The van der Waals surface area contributed by atoms with E-state index in [9.17, 15) is 39.6 Å². The van der Waals surface area contributed by atoms with Crippen LogP contribution in [0, 0.1) is 17.8 Å². The number of aliphatic carboxylic acids is 1. The lowest BCUT2D eigenvalue weighted by molar-refractivity contribution is -0.150. The van der Waals surface area contributed by atoms with E-state index in [0.29, 0.717) is 138 Å². The number of sulfonamides is 3. The van der Waals surface area contributed by atoms with Gasteiger partial charge in [0.05, 0.1) is 60.7 Å². The molecular weight excluding hydrogens is 1250 g/mol. The molecule has 0 unspecified atom stereocenters. The molecule has 6 aromatic rings. The Kier molecular flexibility index (Phi) is 22.6. The summed E-state index contributed by atoms with van der Waals surface area (Å²) in [7, 11) is -11.4. The van der Waals surface area contributed by atoms with Gasteiger partial charge in [0.25, 0.3) is 0 Å². The van der Waals surface area contributed by atoms with Crippen molar-refractivity contribution < 1.29 is 54.2 Å². The minimum atomic E-state index is -3.83. The maximum atomic E-state index is 12.9. The number of nitrogens with one attached hydrogen (secondary N) is 3. The summed E-state index contributed by atoms with van der Waals surface area (Å²) in [5.74, 6) is -2.07. The van der Waals surface area contributed by atoms with Crippen LogP contribution >= 0.6 is 46.4 Å². The number of hydrogen-bond donors (Lipinski definition) is 8. The Morgan fingerprint density at radius 1 is 0.494 bits per heavy atom. The molecule has 3 aliphatic rings. The third-order valence-electron chi connectivity index (χ3n) is 14.5. The molecule has 3 saturated carbocycles. The molecule has 0 bridgehead atoms. The highest BCUT2D eigenvalue weighted by atomic mass is 35.5. The minimum absolute atomic E-state index is 0.0245. The van der Waals surface area contributed by atoms with Crippen LogP contribution in [0.15, 0.2) is 97.9 Å². The maximum absolute atomic E-state index is 12.9. The summed E-state index contributed by atoms with van der Waals surface area (Å²) >= 11 is 24.5. The zero-order chi connectivity index (χ0) is 62.0. The van der Waals surface area contributed by atoms with Crippen LogP contribution in [0.4, 0.5) is 11.6 Å². The number of carbonyl (C=O) groups is 3. The van der Waals surface area contributed by atoms with Crippen molar-refractivity contribution in [2.75, 3.05) is 13.2 Å². The van der Waals surface area contributed by atoms with E-state index in [2.05, 4.69) is 39.1 Å². The average molecular weight is 1310 g/mol. The number of guanidine groups is 2. The van der Waals surface area contributed by atoms with E-state index in [1.165, 1.54) is 55.0 Å². The Balaban J connectivity index is 0.000000183. The minimum Gasteiger partial charge on any atom is -0.481 e. The number of ether oxygens (including phenoxy) is 2. The molecule has 0 saturated heterocycles. The van der Waals surface area contributed by atoms with E-state index >= 15 is 0 Å². The second-order valence-electron chi connectivity index (χ2n) is 20.3. The first-order chi connectivity index (χ1) is 40.2. The lowest BCUT2D eigenvalue weighted by atomic mass is 9.86. The van der Waals surface area contributed by atoms with Crippen molar-refractivity contribution in [3.63, 3.8) is 0 Å². The molecule has 0 radical (unpaired) electrons. The van der Waals surface area contributed by atoms with Crippen LogP contribution < -0.4 is 37.1 Å². The molecule has 31 heteroatoms. The number of esters is 2. The number of hydrogen-bond acceptors (Lipinski definition) is 16. The molecule has 3 aromatic heterocycles. The van der Waals surface area contributed by atoms with Gasteiger partial charge in [-0.05, 0) is 127 Å². The van der Waals surface area contributed by atoms with Crippen molar-refractivity contribution in [2.45, 2.75) is 124 Å². The van der Waals surface area contributed by atoms with Crippen molar-refractivity contribution in [3.05, 3.63) is 93.4 Å². The van der Waals surface area contributed by atoms with Crippen LogP contribution in [0.3, 0.4) is 0 Å². The van der Waals surface area contributed by atoms with Crippen LogP contribution in [-0.2, 0) is 53.9 Å². The van der Waals surface area contributed by atoms with Gasteiger partial charge in [-0.15, -0.1) is 0 Å². The number of nitrogens with zero attached hydrogens (tertiary/aromatic N) is 5. The monoisotopic (exact) mass is 1310 g/mol. The smallest absolute Gasteiger partial charge is 0.308 e. The highest BCUT2D eigenvalue weighted by molar-refractivity contribution is 7.90. The van der Waals surface area contributed by atoms with Gasteiger partial charge in [-0.1, -0.05) is 64.6 Å². The summed E-state index contributed by atoms with van der Waals surface area (Å²) in [5, 5.41) is 13.5. The summed E-state index contributed by atoms with van der Waals surface area (Å²) in [6.45, 7) is 4.24. The van der Waals surface area contributed by atoms with Crippen LogP contribution in [0.25, 0.3) is 32.3 Å². The second-order valence-corrected chi connectivity index (χ2v) is 27.0. The molecule has 0 amide bonds. The third kappa shape index (κ3) is 17.3. The maximum Gasteiger partial charge on any atom is 0.308 e. The highest BCUT2D eigenvalue weighted by Gasteiger charge is 2.33. The van der Waals surface area contributed by atoms with Gasteiger partial charge in [0.1, 0.15) is 5.15 Å². The van der Waals surface area contributed by atoms with Crippen LogP contribution in [0.5, 0.6) is 0 Å². The molecule has 3 fully saturated rings. The Morgan fingerprint density at radius 3 is 1.12 bits per heavy atom. The Labute approximate surface area is 511 Å². The number of rotatable bonds is 16. The van der Waals surface area contributed by atoms with Crippen LogP contribution in [0.1, 0.15) is 90.9 Å². The summed E-state index contributed by atoms with van der Waals surface area (Å²) < 4.78 is 95.2. The molecule has 3 aromatic carbocycles. The molecule has 0 aliphatic heterocycles. The van der Waals surface area contributed by atoms with Gasteiger partial charge in [-0.2, -0.15) is 9.98 Å². The largest absolute Gasteiger partial charge is 0.481 e. The number of aromatic nitrogens is 3. The molecule has 0 atom stereocenters. The fourth-order valence-electron chi connectivity index (χ4n) is 10.2. The van der Waals surface area contributed by atoms with Crippen molar-refractivity contribution >= 4 is 150 Å². The summed E-state index contributed by atoms with van der Waals surface area (Å²) in [6.07, 6.45) is 10.7. The number of carboxylic acid groups (broad SMARTS) is 1. The molecule has 0 spiro atoms. The van der Waals surface area contributed by atoms with E-state index in [-0.39, 0.29) is 85.3 Å². The molecule has 24 nitrogen and oxygen atoms in total. The SMILES string of the molecule is CCOC(=O)C1CCC(NS(=O)(=O)c2ccc3c(Cl)cnc(Cl)c3c2)CC1.CCOC(=O)C1CCC(NS(=O)(=O)c2ccc3c(Cl)cnc(N=C(N)N)c3c2)CC1.NC(N)=Nc1ncc(Cl)c2ccc(S(=O)(=O)NC3CCC(C(=O)O)CC3)cc12. The van der Waals surface area contributed by atoms with Gasteiger partial charge in [-0.3, -0.25) is 14.4 Å². The molecule has 3 heterocycles. The van der Waals surface area contributed by atoms with E-state index in [0.717, 1.165) is 0 Å². The normalized spacial score (nSPS) is 20.0. The lowest BCUT2D eigenvalue weighted by Crippen LogP contribution is -2.39. The summed E-state index contributed by atoms with van der Waals surface area (Å²) in [6, 6.07) is 12.7. The van der Waals surface area contributed by atoms with Gasteiger partial charge in [0.2, 0.25) is 30.1 Å². The number of benzene rings is 3. The van der Waals surface area contributed by atoms with Crippen molar-refractivity contribution in [3.8, 4) is 0 Å². The number of aliphatic imine (C=N–C) groups is 2. The lowest BCUT2D eigenvalue weighted by Gasteiger charge is -2.27. The zero-order valence-electron chi connectivity index (χ0n) is 46.0. The summed E-state index contributed by atoms with van der Waals surface area (Å²) in [5.41, 5.74) is 21.7. The van der Waals surface area contributed by atoms with E-state index in [1.54, 1.807) is 32.0 Å². The van der Waals surface area contributed by atoms with Gasteiger partial charge >= 0.3 is 17.9 Å². The van der Waals surface area contributed by atoms with Crippen molar-refractivity contribution in [2.24, 2.45) is 50.7 Å². The standard InChI is InChI=1S/C19H24ClN5O4S.C18H20Cl2N2O4S.C17H20ClN5O4S/c1-2-29-18(26)11-3-5-12(6-4-11)25-30(27,28)13-7-8-14-15(9-13)17(24-19(21)22)23-10-16(14)20;1-2-26-18(23)11-3-5-12(6-4-11)22-27(24,25)13-7-8-14-15(9-13)17(20)21-10-16(14)19;18-14-8-21-15(22-17(19)20)13-7-11(5-6-12(13)14)28(26,27)23-10-3-1-9(2-4-10)16(24)25/h7-12,25H,2-6H2,1H3,(H4,21,22,23,24);7-12,22H,2-6H2,1H3;5-10,23H,1-4H2,(H,24,25)(H4,19,20,21,22). The van der Waals surface area contributed by atoms with Crippen molar-refractivity contribution in [1.29, 1.82) is 0 Å². The summed E-state index contributed by atoms with van der Waals surface area (Å²) in [4.78, 5) is 54.9. The molecular formula is C54H64Cl4N12O12S3. The molecule has 12 N–H and O–H groups in total. The van der Waals surface area contributed by atoms with Crippen LogP contribution in [-0.4, -0.2) is 106 Å². The van der Waals surface area contributed by atoms with E-state index < -0.39 is 42.0 Å². The zero-order valence-corrected chi connectivity index (χ0v) is 51.5. The number of pyridine rings is 3. The Morgan fingerprint density at radius 2 is 0.800 bits per heavy atom. The molecule has 9 rings (SSSR count). The van der Waals surface area contributed by atoms with E-state index in [1.807, 2.05) is 0 Å². The Bertz CT molecular complexity index is 3870. The highest BCUT2D eigenvalue weighted by Crippen LogP contribution is 2.36. The number of carboxylic acids is 1. The van der Waals surface area contributed by atoms with E-state index in [4.69, 9.17) is 83.9 Å². The molecule has 85 heavy (non-hydrogen) atoms. The average Bonchev–Trinajstić information content (AvgIpc) is 2.04. The third-order valence-corrected chi connectivity index (χ3v) is 20.2. The van der Waals surface area contributed by atoms with Gasteiger partial charge in [0.15, 0.2) is 23.6 Å². The predicted octanol–water partition coefficient (Wildman–Crippen LogP) is 7.85.